The Morgan fingerprint density at radius 3 is 2.86 bits per heavy atom. The van der Waals surface area contributed by atoms with Crippen molar-refractivity contribution < 1.29 is 19.2 Å². The molecule has 0 saturated carbocycles. The van der Waals surface area contributed by atoms with Gasteiger partial charge in [0, 0.05) is 32.1 Å². The molecule has 0 aliphatic carbocycles. The predicted molar refractivity (Wildman–Crippen MR) is 103 cm³/mol. The topological polar surface area (TPSA) is 108 Å². The van der Waals surface area contributed by atoms with Gasteiger partial charge in [0.1, 0.15) is 17.9 Å². The number of hydrogen-bond donors (Lipinski definition) is 1. The molecular weight excluding hydrogens is 364 g/mol. The van der Waals surface area contributed by atoms with Crippen LogP contribution in [0.4, 0.5) is 11.4 Å². The van der Waals surface area contributed by atoms with Crippen molar-refractivity contribution in [3.05, 3.63) is 69.7 Å². The first-order chi connectivity index (χ1) is 13.5. The van der Waals surface area contributed by atoms with Gasteiger partial charge in [-0.2, -0.15) is 0 Å². The first-order valence-corrected chi connectivity index (χ1v) is 8.60. The van der Waals surface area contributed by atoms with Crippen molar-refractivity contribution in [2.75, 3.05) is 25.6 Å². The van der Waals surface area contributed by atoms with Gasteiger partial charge in [-0.1, -0.05) is 6.07 Å². The molecule has 1 aromatic carbocycles. The number of aryl methyl sites for hydroxylation is 1. The Balaban J connectivity index is 1.70. The molecule has 0 saturated heterocycles. The lowest BCUT2D eigenvalue weighted by Crippen LogP contribution is -2.11. The Kier molecular flexibility index (Phi) is 5.85. The number of benzene rings is 1. The SMILES string of the molecule is COCCNc1ccc(C(=O)OCc2cn3cc(C)ccc3n2)cc1[N+](=O)[O-]. The third-order valence-electron chi connectivity index (χ3n) is 4.05. The summed E-state index contributed by atoms with van der Waals surface area (Å²) in [4.78, 5) is 27.5. The number of methoxy groups -OCH3 is 1. The number of nitro groups is 1. The number of ether oxygens (including phenoxy) is 2. The van der Waals surface area contributed by atoms with Gasteiger partial charge in [0.2, 0.25) is 0 Å². The summed E-state index contributed by atoms with van der Waals surface area (Å²) in [6.45, 7) is 2.76. The Labute approximate surface area is 161 Å². The number of esters is 1. The van der Waals surface area contributed by atoms with Crippen molar-refractivity contribution in [3.63, 3.8) is 0 Å². The summed E-state index contributed by atoms with van der Waals surface area (Å²) in [6, 6.07) is 7.99. The lowest BCUT2D eigenvalue weighted by atomic mass is 10.1. The van der Waals surface area contributed by atoms with Gasteiger partial charge in [-0.25, -0.2) is 9.78 Å². The second-order valence-electron chi connectivity index (χ2n) is 6.19. The number of aromatic nitrogens is 2. The lowest BCUT2D eigenvalue weighted by Gasteiger charge is -2.08. The summed E-state index contributed by atoms with van der Waals surface area (Å²) >= 11 is 0. The summed E-state index contributed by atoms with van der Waals surface area (Å²) in [5.41, 5.74) is 2.64. The first kappa shape index (κ1) is 19.3. The smallest absolute Gasteiger partial charge is 0.338 e. The number of fused-ring (bicyclic) bond motifs is 1. The van der Waals surface area contributed by atoms with E-state index in [4.69, 9.17) is 9.47 Å². The van der Waals surface area contributed by atoms with Crippen LogP contribution in [0, 0.1) is 17.0 Å². The number of nitro benzene ring substituents is 1. The minimum absolute atomic E-state index is 0.0266. The van der Waals surface area contributed by atoms with Crippen LogP contribution >= 0.6 is 0 Å². The van der Waals surface area contributed by atoms with Crippen molar-refractivity contribution in [1.82, 2.24) is 9.38 Å². The van der Waals surface area contributed by atoms with E-state index in [0.717, 1.165) is 11.2 Å². The molecule has 9 heteroatoms. The number of rotatable bonds is 8. The Morgan fingerprint density at radius 2 is 2.11 bits per heavy atom. The molecule has 0 unspecified atom stereocenters. The average molecular weight is 384 g/mol. The molecule has 2 aromatic heterocycles. The van der Waals surface area contributed by atoms with E-state index in [1.54, 1.807) is 13.3 Å². The molecule has 28 heavy (non-hydrogen) atoms. The fourth-order valence-electron chi connectivity index (χ4n) is 2.69. The predicted octanol–water partition coefficient (Wildman–Crippen LogP) is 2.97. The molecule has 146 valence electrons. The summed E-state index contributed by atoms with van der Waals surface area (Å²) in [5.74, 6) is -0.653. The van der Waals surface area contributed by atoms with Crippen LogP contribution in [0.15, 0.2) is 42.7 Å². The minimum Gasteiger partial charge on any atom is -0.456 e. The largest absolute Gasteiger partial charge is 0.456 e. The third-order valence-corrected chi connectivity index (χ3v) is 4.05. The molecular formula is C19H20N4O5. The van der Waals surface area contributed by atoms with E-state index in [0.29, 0.717) is 24.5 Å². The monoisotopic (exact) mass is 384 g/mol. The number of pyridine rings is 1. The molecule has 3 rings (SSSR count). The fraction of sp³-hybridized carbons (Fsp3) is 0.263. The van der Waals surface area contributed by atoms with E-state index in [9.17, 15) is 14.9 Å². The highest BCUT2D eigenvalue weighted by Crippen LogP contribution is 2.26. The average Bonchev–Trinajstić information content (AvgIpc) is 3.08. The second-order valence-corrected chi connectivity index (χ2v) is 6.19. The zero-order valence-electron chi connectivity index (χ0n) is 15.5. The maximum atomic E-state index is 12.3. The van der Waals surface area contributed by atoms with Crippen molar-refractivity contribution in [3.8, 4) is 0 Å². The number of carbonyl (C=O) groups excluding carboxylic acids is 1. The van der Waals surface area contributed by atoms with Crippen molar-refractivity contribution >= 4 is 23.0 Å². The first-order valence-electron chi connectivity index (χ1n) is 8.60. The van der Waals surface area contributed by atoms with Crippen LogP contribution in [0.5, 0.6) is 0 Å². The summed E-state index contributed by atoms with van der Waals surface area (Å²) in [6.07, 6.45) is 3.70. The number of imidazole rings is 1. The molecule has 1 N–H and O–H groups in total. The minimum atomic E-state index is -0.653. The van der Waals surface area contributed by atoms with E-state index >= 15 is 0 Å². The van der Waals surface area contributed by atoms with Crippen LogP contribution in [0.25, 0.3) is 5.65 Å². The van der Waals surface area contributed by atoms with Crippen LogP contribution < -0.4 is 5.32 Å². The number of hydrogen-bond acceptors (Lipinski definition) is 7. The molecule has 0 radical (unpaired) electrons. The van der Waals surface area contributed by atoms with Crippen LogP contribution in [0.3, 0.4) is 0 Å². The Morgan fingerprint density at radius 1 is 1.29 bits per heavy atom. The molecule has 0 amide bonds. The molecule has 0 bridgehead atoms. The van der Waals surface area contributed by atoms with Crippen LogP contribution in [0.1, 0.15) is 21.6 Å². The summed E-state index contributed by atoms with van der Waals surface area (Å²) < 4.78 is 12.0. The fourth-order valence-corrected chi connectivity index (χ4v) is 2.69. The van der Waals surface area contributed by atoms with Gasteiger partial charge in [-0.3, -0.25) is 10.1 Å². The van der Waals surface area contributed by atoms with Gasteiger partial charge in [-0.15, -0.1) is 0 Å². The van der Waals surface area contributed by atoms with Crippen molar-refractivity contribution in [2.45, 2.75) is 13.5 Å². The van der Waals surface area contributed by atoms with E-state index in [1.807, 2.05) is 29.7 Å². The molecule has 0 atom stereocenters. The quantitative estimate of drug-likeness (QED) is 0.275. The van der Waals surface area contributed by atoms with E-state index in [1.165, 1.54) is 18.2 Å². The maximum Gasteiger partial charge on any atom is 0.338 e. The molecule has 0 aliphatic heterocycles. The van der Waals surface area contributed by atoms with Crippen molar-refractivity contribution in [1.29, 1.82) is 0 Å². The summed E-state index contributed by atoms with van der Waals surface area (Å²) in [5, 5.41) is 14.2. The van der Waals surface area contributed by atoms with Gasteiger partial charge >= 0.3 is 5.97 Å². The highest BCUT2D eigenvalue weighted by Gasteiger charge is 2.18. The Hall–Kier alpha value is -3.46. The molecule has 0 aliphatic rings. The van der Waals surface area contributed by atoms with Gasteiger partial charge in [-0.05, 0) is 30.7 Å². The third kappa shape index (κ3) is 4.44. The maximum absolute atomic E-state index is 12.3. The number of nitrogens with zero attached hydrogens (tertiary/aromatic N) is 3. The molecule has 3 aromatic rings. The Bertz CT molecular complexity index is 1010. The van der Waals surface area contributed by atoms with Gasteiger partial charge in [0.05, 0.1) is 22.8 Å². The van der Waals surface area contributed by atoms with E-state index in [2.05, 4.69) is 10.3 Å². The number of nitrogens with one attached hydrogen (secondary N) is 1. The molecule has 0 fully saturated rings. The molecule has 9 nitrogen and oxygen atoms in total. The van der Waals surface area contributed by atoms with E-state index < -0.39 is 10.9 Å². The van der Waals surface area contributed by atoms with Crippen LogP contribution in [0.2, 0.25) is 0 Å². The normalized spacial score (nSPS) is 10.8. The second kappa shape index (κ2) is 8.49. The van der Waals surface area contributed by atoms with Crippen LogP contribution in [-0.2, 0) is 16.1 Å². The standard InChI is InChI=1S/C19H20N4O5/c1-13-3-6-18-21-15(11-22(18)10-13)12-28-19(24)14-4-5-16(20-7-8-27-2)17(9-14)23(25)26/h3-6,9-11,20H,7-8,12H2,1-2H3. The lowest BCUT2D eigenvalue weighted by molar-refractivity contribution is -0.384. The summed E-state index contributed by atoms with van der Waals surface area (Å²) in [7, 11) is 1.54. The zero-order chi connectivity index (χ0) is 20.1. The van der Waals surface area contributed by atoms with Crippen molar-refractivity contribution in [2.24, 2.45) is 0 Å². The molecule has 0 spiro atoms. The van der Waals surface area contributed by atoms with Gasteiger partial charge < -0.3 is 19.2 Å². The van der Waals surface area contributed by atoms with Crippen LogP contribution in [-0.4, -0.2) is 40.5 Å². The molecule has 2 heterocycles. The number of carbonyl (C=O) groups is 1. The number of anilines is 1. The van der Waals surface area contributed by atoms with Gasteiger partial charge in [0.25, 0.3) is 5.69 Å². The highest BCUT2D eigenvalue weighted by atomic mass is 16.6. The van der Waals surface area contributed by atoms with Gasteiger partial charge in [0.15, 0.2) is 0 Å². The zero-order valence-corrected chi connectivity index (χ0v) is 15.5. The van der Waals surface area contributed by atoms with E-state index in [-0.39, 0.29) is 17.9 Å². The highest BCUT2D eigenvalue weighted by molar-refractivity contribution is 5.91.